The molecule has 0 radical (unpaired) electrons. The van der Waals surface area contributed by atoms with Crippen LogP contribution in [0.1, 0.15) is 43.0 Å². The summed E-state index contributed by atoms with van der Waals surface area (Å²) >= 11 is 12.8. The number of carbonyl (C=O) groups is 1. The Morgan fingerprint density at radius 1 is 1.07 bits per heavy atom. The monoisotopic (exact) mass is 611 g/mol. The van der Waals surface area contributed by atoms with Gasteiger partial charge in [0.15, 0.2) is 0 Å². The Kier molecular flexibility index (Phi) is 9.46. The van der Waals surface area contributed by atoms with Gasteiger partial charge >= 0.3 is 0 Å². The molecular weight excluding hydrogens is 573 g/mol. The minimum atomic E-state index is -4.04. The van der Waals surface area contributed by atoms with Crippen molar-refractivity contribution in [2.24, 2.45) is 0 Å². The third kappa shape index (κ3) is 6.38. The lowest BCUT2D eigenvalue weighted by Gasteiger charge is -2.41. The van der Waals surface area contributed by atoms with Crippen LogP contribution in [0.3, 0.4) is 0 Å². The largest absolute Gasteiger partial charge is 0.370 e. The second-order valence-electron chi connectivity index (χ2n) is 11.2. The molecule has 1 aliphatic carbocycles. The van der Waals surface area contributed by atoms with Gasteiger partial charge in [-0.15, -0.1) is 0 Å². The number of hydrogen-bond acceptors (Lipinski definition) is 6. The second kappa shape index (κ2) is 12.7. The van der Waals surface area contributed by atoms with Crippen LogP contribution in [0.4, 0.5) is 0 Å². The maximum Gasteiger partial charge on any atom is 0.246 e. The van der Waals surface area contributed by atoms with E-state index in [0.29, 0.717) is 18.2 Å². The van der Waals surface area contributed by atoms with E-state index in [9.17, 15) is 13.2 Å². The lowest BCUT2D eigenvalue weighted by atomic mass is 9.89. The van der Waals surface area contributed by atoms with Crippen molar-refractivity contribution >= 4 is 39.1 Å². The zero-order valence-electron chi connectivity index (χ0n) is 23.2. The Balaban J connectivity index is 1.22. The van der Waals surface area contributed by atoms with Crippen LogP contribution in [0.15, 0.2) is 35.4 Å². The first-order chi connectivity index (χ1) is 19.1. The van der Waals surface area contributed by atoms with Crippen LogP contribution in [0.5, 0.6) is 0 Å². The smallest absolute Gasteiger partial charge is 0.246 e. The third-order valence-corrected chi connectivity index (χ3v) is 11.5. The summed E-state index contributed by atoms with van der Waals surface area (Å²) in [6, 6.07) is 7.03. The number of likely N-dealkylation sites (N-methyl/N-ethyl adjacent to an activating group) is 1. The van der Waals surface area contributed by atoms with Gasteiger partial charge in [0.1, 0.15) is 11.5 Å². The molecule has 1 saturated carbocycles. The molecule has 0 bridgehead atoms. The van der Waals surface area contributed by atoms with Crippen molar-refractivity contribution in [2.45, 2.75) is 62.2 Å². The van der Waals surface area contributed by atoms with Gasteiger partial charge in [-0.25, -0.2) is 8.42 Å². The van der Waals surface area contributed by atoms with Crippen LogP contribution in [0, 0.1) is 6.92 Å². The number of nitrogens with zero attached hydrogens (tertiary/aromatic N) is 4. The highest BCUT2D eigenvalue weighted by atomic mass is 35.5. The number of hydrogen-bond donors (Lipinski definition) is 1. The average molecular weight is 613 g/mol. The summed E-state index contributed by atoms with van der Waals surface area (Å²) in [6.45, 7) is 6.70. The molecular formula is C28H39Cl2N5O4S. The van der Waals surface area contributed by atoms with Crippen LogP contribution in [-0.4, -0.2) is 98.1 Å². The Hall–Kier alpha value is -1.66. The van der Waals surface area contributed by atoms with E-state index in [4.69, 9.17) is 27.9 Å². The van der Waals surface area contributed by atoms with Crippen LogP contribution in [-0.2, 0) is 26.1 Å². The number of piperazine rings is 1. The fourth-order valence-corrected chi connectivity index (χ4v) is 8.95. The fraction of sp³-hybridized carbons (Fsp3) is 0.607. The lowest BCUT2D eigenvalue weighted by molar-refractivity contribution is -0.127. The van der Waals surface area contributed by atoms with Gasteiger partial charge in [-0.3, -0.25) is 9.69 Å². The van der Waals surface area contributed by atoms with Crippen molar-refractivity contribution in [3.05, 3.63) is 51.8 Å². The summed E-state index contributed by atoms with van der Waals surface area (Å²) < 4.78 is 37.0. The van der Waals surface area contributed by atoms with E-state index in [0.717, 1.165) is 51.1 Å². The van der Waals surface area contributed by atoms with Crippen molar-refractivity contribution in [1.29, 1.82) is 0 Å². The van der Waals surface area contributed by atoms with Crippen molar-refractivity contribution in [3.63, 3.8) is 0 Å². The molecule has 5 rings (SSSR count). The zero-order chi connectivity index (χ0) is 28.4. The van der Waals surface area contributed by atoms with Gasteiger partial charge in [0, 0.05) is 63.2 Å². The molecule has 1 N–H and O–H groups in total. The standard InChI is InChI=1S/C28H39Cl2N5O4S/c1-20-8-9-23(29)28(27(20)30)40(37,38)35-16-15-34-10-4-7-24(34)25(35)18-39-19-26(36)31-21-5-3-6-22(17-21)33-13-11-32(2)12-14-33/h4,7-10,21-22,25H,3,5-6,11-19H2,1-2H3,(H,31,36). The number of aromatic nitrogens is 1. The summed E-state index contributed by atoms with van der Waals surface area (Å²) in [5, 5.41) is 3.37. The molecule has 12 heteroatoms. The Labute approximate surface area is 247 Å². The summed E-state index contributed by atoms with van der Waals surface area (Å²) in [6.07, 6.45) is 6.11. The molecule has 2 aliphatic heterocycles. The number of sulfonamides is 1. The summed E-state index contributed by atoms with van der Waals surface area (Å²) in [5.41, 5.74) is 1.43. The van der Waals surface area contributed by atoms with Gasteiger partial charge in [0.25, 0.3) is 0 Å². The molecule has 40 heavy (non-hydrogen) atoms. The van der Waals surface area contributed by atoms with E-state index in [1.807, 2.05) is 22.9 Å². The summed E-state index contributed by atoms with van der Waals surface area (Å²) in [7, 11) is -1.88. The third-order valence-electron chi connectivity index (χ3n) is 8.50. The molecule has 2 aromatic rings. The molecule has 3 heterocycles. The van der Waals surface area contributed by atoms with Gasteiger partial charge < -0.3 is 19.5 Å². The molecule has 9 nitrogen and oxygen atoms in total. The summed E-state index contributed by atoms with van der Waals surface area (Å²) in [4.78, 5) is 17.7. The normalized spacial score (nSPS) is 25.1. The number of fused-ring (bicyclic) bond motifs is 1. The zero-order valence-corrected chi connectivity index (χ0v) is 25.5. The highest BCUT2D eigenvalue weighted by Gasteiger charge is 2.39. The van der Waals surface area contributed by atoms with E-state index < -0.39 is 16.1 Å². The molecule has 3 atom stereocenters. The number of aryl methyl sites for hydroxylation is 1. The predicted octanol–water partition coefficient (Wildman–Crippen LogP) is 3.54. The minimum absolute atomic E-state index is 0.0340. The molecule has 1 aromatic carbocycles. The van der Waals surface area contributed by atoms with E-state index in [2.05, 4.69) is 22.2 Å². The molecule has 2 fully saturated rings. The number of carbonyl (C=O) groups excluding carboxylic acids is 1. The van der Waals surface area contributed by atoms with Crippen molar-refractivity contribution < 1.29 is 17.9 Å². The topological polar surface area (TPSA) is 87.1 Å². The van der Waals surface area contributed by atoms with Gasteiger partial charge in [0.2, 0.25) is 15.9 Å². The maximum atomic E-state index is 13.9. The van der Waals surface area contributed by atoms with Crippen LogP contribution >= 0.6 is 23.2 Å². The number of halogens is 2. The number of ether oxygens (including phenoxy) is 1. The van der Waals surface area contributed by atoms with E-state index in [-0.39, 0.29) is 46.6 Å². The number of amides is 1. The van der Waals surface area contributed by atoms with Crippen molar-refractivity contribution in [1.82, 2.24) is 24.0 Å². The fourth-order valence-electron chi connectivity index (χ4n) is 6.23. The van der Waals surface area contributed by atoms with E-state index in [1.54, 1.807) is 19.1 Å². The molecule has 1 aromatic heterocycles. The molecule has 0 spiro atoms. The highest BCUT2D eigenvalue weighted by Crippen LogP contribution is 2.38. The van der Waals surface area contributed by atoms with Crippen LogP contribution < -0.4 is 5.32 Å². The predicted molar refractivity (Wildman–Crippen MR) is 156 cm³/mol. The summed E-state index contributed by atoms with van der Waals surface area (Å²) in [5.74, 6) is -0.172. The van der Waals surface area contributed by atoms with E-state index in [1.165, 1.54) is 10.7 Å². The van der Waals surface area contributed by atoms with Crippen LogP contribution in [0.2, 0.25) is 10.0 Å². The van der Waals surface area contributed by atoms with Crippen LogP contribution in [0.25, 0.3) is 0 Å². The van der Waals surface area contributed by atoms with Gasteiger partial charge in [0.05, 0.1) is 22.7 Å². The van der Waals surface area contributed by atoms with Gasteiger partial charge in [-0.1, -0.05) is 29.3 Å². The Morgan fingerprint density at radius 3 is 2.62 bits per heavy atom. The average Bonchev–Trinajstić information content (AvgIpc) is 3.41. The Morgan fingerprint density at radius 2 is 1.85 bits per heavy atom. The first-order valence-corrected chi connectivity index (χ1v) is 16.3. The first kappa shape index (κ1) is 29.8. The number of benzene rings is 1. The van der Waals surface area contributed by atoms with Crippen molar-refractivity contribution in [3.8, 4) is 0 Å². The molecule has 220 valence electrons. The first-order valence-electron chi connectivity index (χ1n) is 14.1. The van der Waals surface area contributed by atoms with Crippen molar-refractivity contribution in [2.75, 3.05) is 53.0 Å². The highest BCUT2D eigenvalue weighted by molar-refractivity contribution is 7.89. The molecule has 3 unspecified atom stereocenters. The number of rotatable bonds is 8. The minimum Gasteiger partial charge on any atom is -0.370 e. The second-order valence-corrected chi connectivity index (χ2v) is 13.8. The molecule has 1 saturated heterocycles. The molecule has 1 amide bonds. The SMILES string of the molecule is Cc1ccc(Cl)c(S(=O)(=O)N2CCn3cccc3C2COCC(=O)NC2CCCC(N3CCN(C)CC3)C2)c1Cl. The molecule has 3 aliphatic rings. The van der Waals surface area contributed by atoms with E-state index >= 15 is 0 Å². The Bertz CT molecular complexity index is 1310. The van der Waals surface area contributed by atoms with Gasteiger partial charge in [-0.2, -0.15) is 4.31 Å². The number of nitrogens with one attached hydrogen (secondary N) is 1. The van der Waals surface area contributed by atoms with Gasteiger partial charge in [-0.05, 0) is 63.4 Å². The maximum absolute atomic E-state index is 13.9. The quantitative estimate of drug-likeness (QED) is 0.491. The lowest BCUT2D eigenvalue weighted by Crippen LogP contribution is -2.52.